The molecule has 0 aromatic heterocycles. The van der Waals surface area contributed by atoms with Gasteiger partial charge in [-0.3, -0.25) is 4.90 Å². The van der Waals surface area contributed by atoms with Gasteiger partial charge in [-0.1, -0.05) is 18.2 Å². The number of anilines is 1. The van der Waals surface area contributed by atoms with E-state index in [2.05, 4.69) is 39.0 Å². The van der Waals surface area contributed by atoms with E-state index in [-0.39, 0.29) is 17.5 Å². The van der Waals surface area contributed by atoms with Crippen LogP contribution in [0.2, 0.25) is 0 Å². The van der Waals surface area contributed by atoms with Crippen molar-refractivity contribution in [3.63, 3.8) is 0 Å². The molecule has 33 heavy (non-hydrogen) atoms. The lowest BCUT2D eigenvalue weighted by molar-refractivity contribution is 0.0579. The van der Waals surface area contributed by atoms with E-state index in [1.807, 2.05) is 11.8 Å². The van der Waals surface area contributed by atoms with E-state index in [1.54, 1.807) is 0 Å². The molecule has 0 unspecified atom stereocenters. The van der Waals surface area contributed by atoms with E-state index in [9.17, 15) is 9.59 Å². The average molecular weight is 455 g/mol. The number of urea groups is 1. The molecular weight excluding hydrogens is 416 g/mol. The van der Waals surface area contributed by atoms with Crippen LogP contribution in [-0.4, -0.2) is 85.3 Å². The third-order valence-electron chi connectivity index (χ3n) is 8.35. The Morgan fingerprint density at radius 1 is 0.939 bits per heavy atom. The minimum absolute atomic E-state index is 0.0736. The van der Waals surface area contributed by atoms with Crippen molar-refractivity contribution in [1.29, 1.82) is 0 Å². The maximum atomic E-state index is 13.4. The summed E-state index contributed by atoms with van der Waals surface area (Å²) in [5.41, 5.74) is 2.57. The summed E-state index contributed by atoms with van der Waals surface area (Å²) in [5.74, 6) is 0. The van der Waals surface area contributed by atoms with Gasteiger partial charge in [-0.25, -0.2) is 9.59 Å². The van der Waals surface area contributed by atoms with Crippen molar-refractivity contribution < 1.29 is 14.3 Å². The lowest BCUT2D eigenvalue weighted by atomic mass is 9.74. The second-order valence-corrected chi connectivity index (χ2v) is 10.2. The number of piperidine rings is 3. The predicted octanol–water partition coefficient (Wildman–Crippen LogP) is 4.07. The number of hydrogen-bond donors (Lipinski definition) is 0. The summed E-state index contributed by atoms with van der Waals surface area (Å²) in [6, 6.07) is 9.34. The van der Waals surface area contributed by atoms with Gasteiger partial charge < -0.3 is 19.4 Å². The first kappa shape index (κ1) is 22.5. The quantitative estimate of drug-likeness (QED) is 0.676. The first-order valence-corrected chi connectivity index (χ1v) is 12.9. The monoisotopic (exact) mass is 454 g/mol. The Balaban J connectivity index is 1.23. The van der Waals surface area contributed by atoms with Crippen LogP contribution >= 0.6 is 0 Å². The average Bonchev–Trinajstić information content (AvgIpc) is 3.19. The number of para-hydroxylation sites is 1. The summed E-state index contributed by atoms with van der Waals surface area (Å²) >= 11 is 0. The molecule has 0 N–H and O–H groups in total. The third-order valence-corrected chi connectivity index (χ3v) is 8.35. The van der Waals surface area contributed by atoms with Gasteiger partial charge in [-0.2, -0.15) is 0 Å². The Kier molecular flexibility index (Phi) is 6.50. The fourth-order valence-corrected chi connectivity index (χ4v) is 6.43. The Hall–Kier alpha value is -2.28. The van der Waals surface area contributed by atoms with Gasteiger partial charge >= 0.3 is 12.1 Å². The Labute approximate surface area is 197 Å². The molecule has 180 valence electrons. The number of benzene rings is 1. The highest BCUT2D eigenvalue weighted by Crippen LogP contribution is 2.47. The van der Waals surface area contributed by atoms with Gasteiger partial charge in [0.25, 0.3) is 0 Å². The second-order valence-electron chi connectivity index (χ2n) is 10.2. The lowest BCUT2D eigenvalue weighted by Gasteiger charge is -2.45. The Bertz CT molecular complexity index is 853. The van der Waals surface area contributed by atoms with Crippen LogP contribution < -0.4 is 4.90 Å². The zero-order chi connectivity index (χ0) is 22.8. The van der Waals surface area contributed by atoms with Gasteiger partial charge in [0, 0.05) is 49.9 Å². The molecule has 7 nitrogen and oxygen atoms in total. The van der Waals surface area contributed by atoms with Crippen LogP contribution in [0.3, 0.4) is 0 Å². The van der Waals surface area contributed by atoms with Crippen LogP contribution in [0, 0.1) is 0 Å². The summed E-state index contributed by atoms with van der Waals surface area (Å²) in [7, 11) is 0. The summed E-state index contributed by atoms with van der Waals surface area (Å²) in [6.45, 7) is 8.58. The Morgan fingerprint density at radius 2 is 1.64 bits per heavy atom. The van der Waals surface area contributed by atoms with Gasteiger partial charge in [0.1, 0.15) is 0 Å². The van der Waals surface area contributed by atoms with Crippen LogP contribution in [0.5, 0.6) is 0 Å². The second kappa shape index (κ2) is 9.53. The molecule has 1 aromatic carbocycles. The molecule has 0 atom stereocenters. The number of fused-ring (bicyclic) bond motifs is 2. The van der Waals surface area contributed by atoms with Crippen LogP contribution in [0.4, 0.5) is 15.3 Å². The molecule has 0 radical (unpaired) electrons. The minimum Gasteiger partial charge on any atom is -0.450 e. The Morgan fingerprint density at radius 3 is 2.33 bits per heavy atom. The molecule has 4 aliphatic rings. The maximum absolute atomic E-state index is 13.4. The molecule has 4 aliphatic heterocycles. The largest absolute Gasteiger partial charge is 0.450 e. The lowest BCUT2D eigenvalue weighted by Crippen LogP contribution is -2.53. The molecular formula is C26H38N4O3. The highest BCUT2D eigenvalue weighted by Gasteiger charge is 2.47. The molecule has 3 saturated heterocycles. The summed E-state index contributed by atoms with van der Waals surface area (Å²) < 4.78 is 5.17. The molecule has 0 aliphatic carbocycles. The number of nitrogens with zero attached hydrogens (tertiary/aromatic N) is 4. The van der Waals surface area contributed by atoms with E-state index in [0.717, 1.165) is 90.0 Å². The van der Waals surface area contributed by atoms with Crippen LogP contribution in [0.1, 0.15) is 57.4 Å². The topological polar surface area (TPSA) is 56.3 Å². The van der Waals surface area contributed by atoms with E-state index in [4.69, 9.17) is 4.74 Å². The molecule has 4 heterocycles. The van der Waals surface area contributed by atoms with E-state index < -0.39 is 0 Å². The van der Waals surface area contributed by atoms with Gasteiger partial charge in [-0.05, 0) is 76.6 Å². The smallest absolute Gasteiger partial charge is 0.409 e. The molecule has 5 rings (SSSR count). The normalized spacial score (nSPS) is 23.6. The molecule has 1 spiro atoms. The number of ether oxygens (including phenoxy) is 1. The van der Waals surface area contributed by atoms with Crippen LogP contribution in [0.15, 0.2) is 24.3 Å². The van der Waals surface area contributed by atoms with Crippen molar-refractivity contribution >= 4 is 17.8 Å². The number of carbonyl (C=O) groups is 2. The number of hydrogen-bond acceptors (Lipinski definition) is 4. The molecule has 0 saturated carbocycles. The van der Waals surface area contributed by atoms with Crippen molar-refractivity contribution in [2.45, 2.75) is 63.3 Å². The van der Waals surface area contributed by atoms with E-state index in [0.29, 0.717) is 12.6 Å². The van der Waals surface area contributed by atoms with Crippen molar-refractivity contribution in [3.8, 4) is 0 Å². The number of rotatable bonds is 2. The van der Waals surface area contributed by atoms with Crippen molar-refractivity contribution in [2.75, 3.05) is 57.3 Å². The number of amides is 3. The third kappa shape index (κ3) is 4.32. The molecule has 1 aromatic rings. The number of likely N-dealkylation sites (tertiary alicyclic amines) is 3. The molecule has 7 heteroatoms. The van der Waals surface area contributed by atoms with Crippen molar-refractivity contribution in [2.24, 2.45) is 0 Å². The standard InChI is InChI=1S/C26H38N4O3/c1-2-33-25(32)29-16-10-21(11-17-29)27-18-12-26(13-19-27)20-30(23-9-5-4-8-22(23)26)24(31)28-14-6-3-7-15-28/h4-5,8-9,21H,2-3,6-7,10-20H2,1H3. The maximum Gasteiger partial charge on any atom is 0.409 e. The summed E-state index contributed by atoms with van der Waals surface area (Å²) in [6.07, 6.45) is 7.52. The zero-order valence-electron chi connectivity index (χ0n) is 20.0. The van der Waals surface area contributed by atoms with Crippen molar-refractivity contribution in [1.82, 2.24) is 14.7 Å². The molecule has 3 fully saturated rings. The summed E-state index contributed by atoms with van der Waals surface area (Å²) in [5, 5.41) is 0. The van der Waals surface area contributed by atoms with Gasteiger partial charge in [0.15, 0.2) is 0 Å². The SMILES string of the molecule is CCOC(=O)N1CCC(N2CCC3(CC2)CN(C(=O)N2CCCCC2)c2ccccc23)CC1. The number of carbonyl (C=O) groups excluding carboxylic acids is 2. The highest BCUT2D eigenvalue weighted by molar-refractivity contribution is 5.95. The first-order valence-electron chi connectivity index (χ1n) is 12.9. The summed E-state index contributed by atoms with van der Waals surface area (Å²) in [4.78, 5) is 34.1. The van der Waals surface area contributed by atoms with E-state index in [1.165, 1.54) is 12.0 Å². The highest BCUT2D eigenvalue weighted by atomic mass is 16.6. The molecule has 0 bridgehead atoms. The zero-order valence-corrected chi connectivity index (χ0v) is 20.0. The fourth-order valence-electron chi connectivity index (χ4n) is 6.43. The molecule has 3 amide bonds. The minimum atomic E-state index is -0.172. The van der Waals surface area contributed by atoms with Gasteiger partial charge in [0.2, 0.25) is 0 Å². The van der Waals surface area contributed by atoms with Crippen LogP contribution in [0.25, 0.3) is 0 Å². The van der Waals surface area contributed by atoms with Gasteiger partial charge in [0.05, 0.1) is 6.61 Å². The van der Waals surface area contributed by atoms with Crippen molar-refractivity contribution in [3.05, 3.63) is 29.8 Å². The van der Waals surface area contributed by atoms with E-state index >= 15 is 0 Å². The van der Waals surface area contributed by atoms with Crippen LogP contribution in [-0.2, 0) is 10.2 Å². The first-order chi connectivity index (χ1) is 16.1. The van der Waals surface area contributed by atoms with Gasteiger partial charge in [-0.15, -0.1) is 0 Å². The fraction of sp³-hybridized carbons (Fsp3) is 0.692. The predicted molar refractivity (Wildman–Crippen MR) is 129 cm³/mol.